The van der Waals surface area contributed by atoms with Gasteiger partial charge in [-0.1, -0.05) is 18.6 Å². The molecule has 0 unspecified atom stereocenters. The quantitative estimate of drug-likeness (QED) is 0.872. The molecule has 0 heterocycles. The zero-order valence-corrected chi connectivity index (χ0v) is 12.8. The highest BCUT2D eigenvalue weighted by Gasteiger charge is 2.39. The highest BCUT2D eigenvalue weighted by molar-refractivity contribution is 5.76. The molecule has 1 aromatic rings. The molecule has 1 aromatic carbocycles. The molecule has 0 spiro atoms. The molecule has 3 nitrogen and oxygen atoms in total. The lowest BCUT2D eigenvalue weighted by Gasteiger charge is -2.20. The van der Waals surface area contributed by atoms with Crippen molar-refractivity contribution in [1.82, 2.24) is 5.32 Å². The maximum atomic E-state index is 12.0. The SMILES string of the molecule is COc1ccc(CCNC(=O)C[C@H]2C[C@H]3CC[C@@H]2C3)cc1. The van der Waals surface area contributed by atoms with Crippen LogP contribution in [0.3, 0.4) is 0 Å². The van der Waals surface area contributed by atoms with Crippen LogP contribution in [-0.2, 0) is 11.2 Å². The summed E-state index contributed by atoms with van der Waals surface area (Å²) in [6, 6.07) is 8.04. The van der Waals surface area contributed by atoms with Crippen LogP contribution in [0.2, 0.25) is 0 Å². The van der Waals surface area contributed by atoms with Gasteiger partial charge in [-0.05, 0) is 61.1 Å². The third-order valence-corrected chi connectivity index (χ3v) is 5.23. The Kier molecular flexibility index (Phi) is 4.47. The molecule has 114 valence electrons. The van der Waals surface area contributed by atoms with Gasteiger partial charge in [-0.2, -0.15) is 0 Å². The van der Waals surface area contributed by atoms with Gasteiger partial charge in [-0.15, -0.1) is 0 Å². The summed E-state index contributed by atoms with van der Waals surface area (Å²) in [6.07, 6.45) is 7.05. The molecule has 0 saturated heterocycles. The summed E-state index contributed by atoms with van der Waals surface area (Å²) >= 11 is 0. The van der Waals surface area contributed by atoms with Crippen LogP contribution < -0.4 is 10.1 Å². The number of carbonyl (C=O) groups is 1. The van der Waals surface area contributed by atoms with Gasteiger partial charge in [0, 0.05) is 13.0 Å². The monoisotopic (exact) mass is 287 g/mol. The molecular weight excluding hydrogens is 262 g/mol. The number of carbonyl (C=O) groups excluding carboxylic acids is 1. The Labute approximate surface area is 127 Å². The van der Waals surface area contributed by atoms with Crippen LogP contribution in [-0.4, -0.2) is 19.6 Å². The topological polar surface area (TPSA) is 38.3 Å². The van der Waals surface area contributed by atoms with Crippen LogP contribution >= 0.6 is 0 Å². The highest BCUT2D eigenvalue weighted by atomic mass is 16.5. The van der Waals surface area contributed by atoms with E-state index >= 15 is 0 Å². The van der Waals surface area contributed by atoms with Gasteiger partial charge in [0.1, 0.15) is 5.75 Å². The van der Waals surface area contributed by atoms with Crippen LogP contribution in [0.15, 0.2) is 24.3 Å². The number of ether oxygens (including phenoxy) is 1. The summed E-state index contributed by atoms with van der Waals surface area (Å²) < 4.78 is 5.14. The molecule has 21 heavy (non-hydrogen) atoms. The first-order valence-electron chi connectivity index (χ1n) is 8.14. The van der Waals surface area contributed by atoms with E-state index in [1.165, 1.54) is 31.2 Å². The summed E-state index contributed by atoms with van der Waals surface area (Å²) in [4.78, 5) is 12.0. The summed E-state index contributed by atoms with van der Waals surface area (Å²) in [7, 11) is 1.67. The maximum absolute atomic E-state index is 12.0. The third-order valence-electron chi connectivity index (χ3n) is 5.23. The van der Waals surface area contributed by atoms with E-state index < -0.39 is 0 Å². The smallest absolute Gasteiger partial charge is 0.220 e. The fourth-order valence-corrected chi connectivity index (χ4v) is 4.08. The van der Waals surface area contributed by atoms with Gasteiger partial charge < -0.3 is 10.1 Å². The van der Waals surface area contributed by atoms with E-state index in [0.717, 1.165) is 37.0 Å². The van der Waals surface area contributed by atoms with Gasteiger partial charge in [0.25, 0.3) is 0 Å². The van der Waals surface area contributed by atoms with E-state index in [-0.39, 0.29) is 5.91 Å². The van der Waals surface area contributed by atoms with Gasteiger partial charge in [0.2, 0.25) is 5.91 Å². The number of nitrogens with one attached hydrogen (secondary N) is 1. The number of benzene rings is 1. The van der Waals surface area contributed by atoms with Gasteiger partial charge in [-0.3, -0.25) is 4.79 Å². The van der Waals surface area contributed by atoms with Crippen LogP contribution in [0.25, 0.3) is 0 Å². The largest absolute Gasteiger partial charge is 0.497 e. The van der Waals surface area contributed by atoms with E-state index in [1.807, 2.05) is 12.1 Å². The zero-order valence-electron chi connectivity index (χ0n) is 12.8. The van der Waals surface area contributed by atoms with E-state index in [2.05, 4.69) is 17.4 Å². The van der Waals surface area contributed by atoms with Gasteiger partial charge >= 0.3 is 0 Å². The number of fused-ring (bicyclic) bond motifs is 2. The second-order valence-corrected chi connectivity index (χ2v) is 6.59. The zero-order chi connectivity index (χ0) is 14.7. The van der Waals surface area contributed by atoms with Crippen LogP contribution in [0, 0.1) is 17.8 Å². The first-order valence-corrected chi connectivity index (χ1v) is 8.14. The Morgan fingerprint density at radius 3 is 2.67 bits per heavy atom. The number of hydrogen-bond donors (Lipinski definition) is 1. The average Bonchev–Trinajstić information content (AvgIpc) is 3.10. The predicted octanol–water partition coefficient (Wildman–Crippen LogP) is 3.18. The van der Waals surface area contributed by atoms with E-state index in [4.69, 9.17) is 4.74 Å². The fourth-order valence-electron chi connectivity index (χ4n) is 4.08. The fraction of sp³-hybridized carbons (Fsp3) is 0.611. The molecule has 3 heteroatoms. The van der Waals surface area contributed by atoms with E-state index in [1.54, 1.807) is 7.11 Å². The first kappa shape index (κ1) is 14.4. The van der Waals surface area contributed by atoms with Crippen molar-refractivity contribution in [3.8, 4) is 5.75 Å². The van der Waals surface area contributed by atoms with Crippen molar-refractivity contribution in [1.29, 1.82) is 0 Å². The normalized spacial score (nSPS) is 26.8. The number of methoxy groups -OCH3 is 1. The Morgan fingerprint density at radius 1 is 1.24 bits per heavy atom. The molecule has 3 atom stereocenters. The average molecular weight is 287 g/mol. The first-order chi connectivity index (χ1) is 10.2. The molecule has 1 amide bonds. The number of amides is 1. The molecule has 2 saturated carbocycles. The van der Waals surface area contributed by atoms with Gasteiger partial charge in [0.15, 0.2) is 0 Å². The minimum absolute atomic E-state index is 0.237. The Bertz CT molecular complexity index is 482. The Morgan fingerprint density at radius 2 is 2.05 bits per heavy atom. The van der Waals surface area contributed by atoms with Crippen LogP contribution in [0.1, 0.15) is 37.7 Å². The van der Waals surface area contributed by atoms with Crippen molar-refractivity contribution in [3.05, 3.63) is 29.8 Å². The molecule has 2 aliphatic carbocycles. The van der Waals surface area contributed by atoms with E-state index in [9.17, 15) is 4.79 Å². The lowest BCUT2D eigenvalue weighted by atomic mass is 9.86. The highest BCUT2D eigenvalue weighted by Crippen LogP contribution is 2.49. The molecule has 2 fully saturated rings. The van der Waals surface area contributed by atoms with Crippen LogP contribution in [0.5, 0.6) is 5.75 Å². The molecule has 2 aliphatic rings. The number of rotatable bonds is 6. The molecule has 0 radical (unpaired) electrons. The summed E-state index contributed by atoms with van der Waals surface area (Å²) in [6.45, 7) is 0.728. The van der Waals surface area contributed by atoms with Crippen molar-refractivity contribution < 1.29 is 9.53 Å². The molecule has 2 bridgehead atoms. The minimum Gasteiger partial charge on any atom is -0.497 e. The van der Waals surface area contributed by atoms with Crippen molar-refractivity contribution in [3.63, 3.8) is 0 Å². The van der Waals surface area contributed by atoms with E-state index in [0.29, 0.717) is 5.92 Å². The van der Waals surface area contributed by atoms with Crippen molar-refractivity contribution in [2.45, 2.75) is 38.5 Å². The Balaban J connectivity index is 1.37. The molecule has 3 rings (SSSR count). The molecule has 0 aliphatic heterocycles. The van der Waals surface area contributed by atoms with Crippen molar-refractivity contribution in [2.75, 3.05) is 13.7 Å². The predicted molar refractivity (Wildman–Crippen MR) is 83.3 cm³/mol. The minimum atomic E-state index is 0.237. The third kappa shape index (κ3) is 3.58. The van der Waals surface area contributed by atoms with Gasteiger partial charge in [0.05, 0.1) is 7.11 Å². The maximum Gasteiger partial charge on any atom is 0.220 e. The lowest BCUT2D eigenvalue weighted by Crippen LogP contribution is -2.28. The van der Waals surface area contributed by atoms with Crippen molar-refractivity contribution >= 4 is 5.91 Å². The summed E-state index contributed by atoms with van der Waals surface area (Å²) in [5, 5.41) is 3.08. The second kappa shape index (κ2) is 6.50. The summed E-state index contributed by atoms with van der Waals surface area (Å²) in [5.41, 5.74) is 1.23. The lowest BCUT2D eigenvalue weighted by molar-refractivity contribution is -0.122. The van der Waals surface area contributed by atoms with Crippen LogP contribution in [0.4, 0.5) is 0 Å². The van der Waals surface area contributed by atoms with Crippen molar-refractivity contribution in [2.24, 2.45) is 17.8 Å². The molecule has 1 N–H and O–H groups in total. The number of hydrogen-bond acceptors (Lipinski definition) is 2. The summed E-state index contributed by atoms with van der Waals surface area (Å²) in [5.74, 6) is 3.53. The molecule has 0 aromatic heterocycles. The standard InChI is InChI=1S/C18H25NO2/c1-21-17-6-3-13(4-7-17)8-9-19-18(20)12-16-11-14-2-5-15(16)10-14/h3-4,6-7,14-16H,2,5,8-12H2,1H3,(H,19,20)/t14-,15+,16+/m0/s1. The Hall–Kier alpha value is -1.51. The second-order valence-electron chi connectivity index (χ2n) is 6.59. The van der Waals surface area contributed by atoms with Gasteiger partial charge in [-0.25, -0.2) is 0 Å². The molecular formula is C18H25NO2.